The molecule has 2 aliphatic heterocycles. The van der Waals surface area contributed by atoms with E-state index in [0.29, 0.717) is 0 Å². The number of carbonyl (C=O) groups excluding carboxylic acids is 5. The molecule has 10 unspecified atom stereocenters. The Morgan fingerprint density at radius 3 is 2.13 bits per heavy atom. The van der Waals surface area contributed by atoms with Crippen LogP contribution in [0.15, 0.2) is 41.5 Å². The van der Waals surface area contributed by atoms with Crippen molar-refractivity contribution in [2.45, 2.75) is 135 Å². The number of esters is 3. The highest BCUT2D eigenvalue weighted by Crippen LogP contribution is 2.67. The number of hydrogen-bond donors (Lipinski definition) is 1. The number of rotatable bonds is 9. The minimum Gasteiger partial charge on any atom is -0.454 e. The lowest BCUT2D eigenvalue weighted by Crippen LogP contribution is -2.83. The van der Waals surface area contributed by atoms with Gasteiger partial charge in [-0.05, 0) is 55.3 Å². The summed E-state index contributed by atoms with van der Waals surface area (Å²) in [6.07, 6.45) is -9.00. The predicted octanol–water partition coefficient (Wildman–Crippen LogP) is 4.84. The number of ketones is 1. The van der Waals surface area contributed by atoms with Crippen molar-refractivity contribution in [3.63, 3.8) is 0 Å². The first-order valence-corrected chi connectivity index (χ1v) is 20.7. The smallest absolute Gasteiger partial charge is 0.454 e. The maximum Gasteiger partial charge on any atom is 0.509 e. The largest absolute Gasteiger partial charge is 0.509 e. The number of ether oxygens (including phenoxy) is 6. The molecule has 2 bridgehead atoms. The normalized spacial score (nSPS) is 37.5. The third-order valence-corrected chi connectivity index (χ3v) is 17.6. The van der Waals surface area contributed by atoms with Crippen LogP contribution in [0.3, 0.4) is 0 Å². The molecule has 284 valence electrons. The molecule has 2 heterocycles. The van der Waals surface area contributed by atoms with E-state index in [1.165, 1.54) is 13.8 Å². The molecule has 1 N–H and O–H groups in total. The van der Waals surface area contributed by atoms with Gasteiger partial charge in [-0.3, -0.25) is 14.4 Å². The van der Waals surface area contributed by atoms with E-state index < -0.39 is 103 Å². The van der Waals surface area contributed by atoms with E-state index in [4.69, 9.17) is 32.8 Å². The topological polar surface area (TPSA) is 170 Å². The van der Waals surface area contributed by atoms with Gasteiger partial charge in [0.2, 0.25) is 5.60 Å². The Balaban J connectivity index is 1.74. The molecule has 3 aliphatic carbocycles. The number of carbonyl (C=O) groups is 5. The van der Waals surface area contributed by atoms with Crippen LogP contribution < -0.4 is 0 Å². The van der Waals surface area contributed by atoms with Gasteiger partial charge in [0.05, 0.1) is 29.6 Å². The first kappa shape index (κ1) is 38.1. The summed E-state index contributed by atoms with van der Waals surface area (Å²) in [6.45, 7) is 15.0. The second-order valence-corrected chi connectivity index (χ2v) is 20.3. The molecule has 2 saturated heterocycles. The summed E-state index contributed by atoms with van der Waals surface area (Å²) < 4.78 is 44.3. The molecule has 5 aliphatic rings. The Hall–Kier alpha value is -3.59. The molecular weight excluding hydrogens is 692 g/mol. The summed E-state index contributed by atoms with van der Waals surface area (Å²) in [5.41, 5.74) is -6.33. The molecular formula is C38H50O13Si. The molecule has 2 saturated carbocycles. The zero-order valence-corrected chi connectivity index (χ0v) is 32.3. The molecule has 52 heavy (non-hydrogen) atoms. The van der Waals surface area contributed by atoms with E-state index in [-0.39, 0.29) is 29.7 Å². The van der Waals surface area contributed by atoms with Gasteiger partial charge in [-0.15, -0.1) is 0 Å². The fraction of sp³-hybridized carbons (Fsp3) is 0.658. The SMILES string of the molecule is CC[Si](CC)(CC)OC1CC2OCC2(OC(C)=O)C2C(OC(=O)c3ccccc3)C34OC(=O)OC3C(O)C(C)=C(C(OC(C)=O)C(=O)C12C)C4(C)C. The summed E-state index contributed by atoms with van der Waals surface area (Å²) in [5, 5.41) is 12.0. The second-order valence-electron chi connectivity index (χ2n) is 15.6. The monoisotopic (exact) mass is 742 g/mol. The van der Waals surface area contributed by atoms with Crippen molar-refractivity contribution in [3.8, 4) is 0 Å². The van der Waals surface area contributed by atoms with Gasteiger partial charge in [0.15, 0.2) is 38.0 Å². The van der Waals surface area contributed by atoms with Gasteiger partial charge in [-0.25, -0.2) is 9.59 Å². The van der Waals surface area contributed by atoms with Crippen LogP contribution in [-0.4, -0.2) is 97.7 Å². The van der Waals surface area contributed by atoms with Crippen molar-refractivity contribution in [1.82, 2.24) is 0 Å². The number of benzene rings is 1. The van der Waals surface area contributed by atoms with Gasteiger partial charge in [-0.2, -0.15) is 0 Å². The molecule has 1 aromatic rings. The summed E-state index contributed by atoms with van der Waals surface area (Å²) in [6, 6.07) is 10.4. The molecule has 14 heteroatoms. The Morgan fingerprint density at radius 2 is 1.60 bits per heavy atom. The number of hydrogen-bond acceptors (Lipinski definition) is 13. The third-order valence-electron chi connectivity index (χ3n) is 13.0. The lowest BCUT2D eigenvalue weighted by atomic mass is 9.44. The molecule has 0 radical (unpaired) electrons. The first-order chi connectivity index (χ1) is 24.4. The van der Waals surface area contributed by atoms with Gasteiger partial charge >= 0.3 is 24.1 Å². The fourth-order valence-electron chi connectivity index (χ4n) is 10.1. The summed E-state index contributed by atoms with van der Waals surface area (Å²) in [7, 11) is -2.54. The second kappa shape index (κ2) is 13.1. The number of aliphatic hydroxyl groups excluding tert-OH is 1. The molecule has 4 fully saturated rings. The predicted molar refractivity (Wildman–Crippen MR) is 185 cm³/mol. The lowest BCUT2D eigenvalue weighted by Gasteiger charge is -2.68. The van der Waals surface area contributed by atoms with Crippen molar-refractivity contribution >= 4 is 38.2 Å². The van der Waals surface area contributed by atoms with E-state index in [2.05, 4.69) is 20.8 Å². The van der Waals surface area contributed by atoms with Crippen LogP contribution in [0.4, 0.5) is 4.79 Å². The summed E-state index contributed by atoms with van der Waals surface area (Å²) in [4.78, 5) is 69.8. The van der Waals surface area contributed by atoms with Crippen LogP contribution in [0.1, 0.15) is 79.1 Å². The molecule has 13 nitrogen and oxygen atoms in total. The minimum absolute atomic E-state index is 0.129. The Bertz CT molecular complexity index is 1680. The highest BCUT2D eigenvalue weighted by molar-refractivity contribution is 6.73. The lowest BCUT2D eigenvalue weighted by molar-refractivity contribution is -0.344. The van der Waals surface area contributed by atoms with Crippen LogP contribution >= 0.6 is 0 Å². The van der Waals surface area contributed by atoms with Crippen LogP contribution in [0.25, 0.3) is 0 Å². The number of Topliss-reactive ketones (excluding diaryl/α,β-unsaturated/α-hetero) is 1. The average Bonchev–Trinajstić information content (AvgIpc) is 3.47. The van der Waals surface area contributed by atoms with E-state index in [1.807, 2.05) is 0 Å². The Labute approximate surface area is 304 Å². The van der Waals surface area contributed by atoms with Gasteiger partial charge in [0.25, 0.3) is 0 Å². The van der Waals surface area contributed by atoms with Gasteiger partial charge in [0.1, 0.15) is 12.2 Å². The fourth-order valence-corrected chi connectivity index (χ4v) is 13.0. The van der Waals surface area contributed by atoms with Crippen molar-refractivity contribution < 1.29 is 61.9 Å². The van der Waals surface area contributed by atoms with Crippen molar-refractivity contribution in [2.75, 3.05) is 6.61 Å². The van der Waals surface area contributed by atoms with E-state index in [1.54, 1.807) is 58.0 Å². The zero-order chi connectivity index (χ0) is 38.2. The average molecular weight is 743 g/mol. The minimum atomic E-state index is -2.54. The van der Waals surface area contributed by atoms with Crippen LogP contribution in [0.5, 0.6) is 0 Å². The highest BCUT2D eigenvalue weighted by Gasteiger charge is 2.83. The maximum atomic E-state index is 15.8. The molecule has 1 aromatic carbocycles. The third kappa shape index (κ3) is 5.22. The maximum absolute atomic E-state index is 15.8. The van der Waals surface area contributed by atoms with E-state index in [0.717, 1.165) is 18.1 Å². The molecule has 0 amide bonds. The molecule has 10 atom stereocenters. The molecule has 0 aromatic heterocycles. The van der Waals surface area contributed by atoms with Crippen LogP contribution in [0, 0.1) is 16.7 Å². The van der Waals surface area contributed by atoms with Crippen LogP contribution in [0.2, 0.25) is 18.1 Å². The van der Waals surface area contributed by atoms with Gasteiger partial charge in [0, 0.05) is 25.7 Å². The van der Waals surface area contributed by atoms with Gasteiger partial charge < -0.3 is 38.0 Å². The summed E-state index contributed by atoms with van der Waals surface area (Å²) in [5.74, 6) is -4.18. The molecule has 6 rings (SSSR count). The molecule has 1 spiro atoms. The van der Waals surface area contributed by atoms with Crippen molar-refractivity contribution in [3.05, 3.63) is 47.0 Å². The standard InChI is InChI=1S/C38H50O13Si/c1-10-52(11-2,12-3)51-24-18-25-37(19-45-25,49-22(6)40)29-32(47-33(43)23-16-14-13-15-17-23)38-31(48-34(44)50-38)27(41)20(4)26(35(38,7)8)28(46-21(5)39)30(42)36(24,29)9/h13-17,24-25,27-29,31-32,41H,10-12,18-19H2,1-9H3. The van der Waals surface area contributed by atoms with Crippen molar-refractivity contribution in [1.29, 1.82) is 0 Å². The summed E-state index contributed by atoms with van der Waals surface area (Å²) >= 11 is 0. The number of fused-ring (bicyclic) bond motifs is 4. The quantitative estimate of drug-likeness (QED) is 0.158. The first-order valence-electron chi connectivity index (χ1n) is 18.2. The number of aliphatic hydroxyl groups is 1. The van der Waals surface area contributed by atoms with E-state index in [9.17, 15) is 24.3 Å². The highest BCUT2D eigenvalue weighted by atomic mass is 28.4. The Morgan fingerprint density at radius 1 is 0.962 bits per heavy atom. The van der Waals surface area contributed by atoms with Gasteiger partial charge in [-0.1, -0.05) is 52.8 Å². The van der Waals surface area contributed by atoms with Crippen LogP contribution in [-0.2, 0) is 47.2 Å². The van der Waals surface area contributed by atoms with E-state index >= 15 is 4.79 Å². The van der Waals surface area contributed by atoms with Crippen molar-refractivity contribution in [2.24, 2.45) is 16.7 Å². The Kier molecular flexibility index (Phi) is 9.58. The zero-order valence-electron chi connectivity index (χ0n) is 31.3.